The van der Waals surface area contributed by atoms with E-state index in [-0.39, 0.29) is 100 Å². The zero-order chi connectivity index (χ0) is 74.9. The van der Waals surface area contributed by atoms with Crippen LogP contribution < -0.4 is 24.6 Å². The van der Waals surface area contributed by atoms with Crippen molar-refractivity contribution in [2.45, 2.75) is 221 Å². The molecule has 4 aliphatic rings. The van der Waals surface area contributed by atoms with Crippen molar-refractivity contribution in [3.8, 4) is 11.5 Å². The third-order valence-corrected chi connectivity index (χ3v) is 18.0. The highest BCUT2D eigenvalue weighted by Crippen LogP contribution is 2.48. The highest BCUT2D eigenvalue weighted by atomic mass is 19.4. The zero-order valence-electron chi connectivity index (χ0n) is 60.6. The standard InChI is InChI=1S/C43H53F3N4O7.C31H45F3N4O6/c1-8-42(7)38(52)49(23-22-48(26-30-16-11-9-12-17-30)39(53)55-28-31-18-13-10-14-19-31)35-24-33(34(43(44,45)46)25-36(35)56-42)37(51)50(29(2)3)32-20-15-21-47(27-32)40(54)57-41(4,5)6;1-9-25(39)35-13-15-37-23-16-21(22(31(32,33)34)17-24(23)43-30(8,10-2)27(37)41)26(40)38(19(3)4)20-12-11-14-36(18-20)28(42)44-29(5,6)7/h9-14,16-19,24-25,29,32H,8,15,20-23,26-28H2,1-7H3;16-17,19-20H,9-15,18H2,1-8H3,(H,35,39)/t32-,42?;20-,30?/m11/s1. The van der Waals surface area contributed by atoms with E-state index in [1.165, 1.54) is 48.1 Å². The molecular weight excluding hydrogens is 1320 g/mol. The SMILES string of the molecule is CCC(=O)NCCN1C(=O)C(C)(CC)Oc2cc(C(F)(F)F)c(C(=O)N(C(C)C)[C@@H]3CCCN(C(=O)OC(C)(C)C)C3)cc21.CCC1(C)Oc2cc(C(F)(F)F)c(C(=O)N(C(C)C)[C@@H]3CCCN(C(=O)OC(C)(C)C)C3)cc2N(CCN(Cc2ccccc2)C(=O)OCc2ccccc2)C1=O. The quantitative estimate of drug-likeness (QED) is 0.0683. The van der Waals surface area contributed by atoms with Crippen LogP contribution in [0.3, 0.4) is 0 Å². The molecule has 554 valence electrons. The third kappa shape index (κ3) is 19.9. The molecule has 4 atom stereocenters. The molecule has 0 radical (unpaired) electrons. The summed E-state index contributed by atoms with van der Waals surface area (Å²) in [4.78, 5) is 117. The molecule has 27 heteroatoms. The lowest BCUT2D eigenvalue weighted by Gasteiger charge is -2.43. The lowest BCUT2D eigenvalue weighted by atomic mass is 9.94. The Bertz CT molecular complexity index is 3620. The summed E-state index contributed by atoms with van der Waals surface area (Å²) in [5.74, 6) is -3.43. The second-order valence-corrected chi connectivity index (χ2v) is 28.7. The molecule has 0 spiro atoms. The molecule has 8 rings (SSSR count). The molecule has 4 aromatic carbocycles. The average molecular weight is 1420 g/mol. The fraction of sp³-hybridized carbons (Fsp3) is 0.568. The number of nitrogens with zero attached hydrogens (tertiary/aromatic N) is 7. The van der Waals surface area contributed by atoms with E-state index >= 15 is 0 Å². The Morgan fingerprint density at radius 3 is 1.39 bits per heavy atom. The molecule has 101 heavy (non-hydrogen) atoms. The van der Waals surface area contributed by atoms with Gasteiger partial charge in [-0.25, -0.2) is 14.4 Å². The van der Waals surface area contributed by atoms with Crippen LogP contribution in [-0.4, -0.2) is 171 Å². The van der Waals surface area contributed by atoms with Gasteiger partial charge in [-0.1, -0.05) is 81.4 Å². The van der Waals surface area contributed by atoms with Crippen LogP contribution in [0.15, 0.2) is 84.9 Å². The molecule has 4 heterocycles. The number of halogens is 6. The highest BCUT2D eigenvalue weighted by molar-refractivity contribution is 6.07. The van der Waals surface area contributed by atoms with Gasteiger partial charge in [0.25, 0.3) is 23.6 Å². The largest absolute Gasteiger partial charge is 0.476 e. The van der Waals surface area contributed by atoms with Crippen LogP contribution in [-0.2, 0) is 54.1 Å². The normalized spacial score (nSPS) is 19.4. The van der Waals surface area contributed by atoms with Crippen LogP contribution in [0.25, 0.3) is 0 Å². The minimum absolute atomic E-state index is 0.00670. The fourth-order valence-corrected chi connectivity index (χ4v) is 12.6. The van der Waals surface area contributed by atoms with Gasteiger partial charge in [-0.05, 0) is 157 Å². The van der Waals surface area contributed by atoms with Gasteiger partial charge < -0.3 is 63.3 Å². The van der Waals surface area contributed by atoms with Crippen LogP contribution in [0.5, 0.6) is 11.5 Å². The summed E-state index contributed by atoms with van der Waals surface area (Å²) < 4.78 is 117. The van der Waals surface area contributed by atoms with Gasteiger partial charge >= 0.3 is 30.6 Å². The number of nitrogens with one attached hydrogen (secondary N) is 1. The van der Waals surface area contributed by atoms with Crippen LogP contribution in [0.4, 0.5) is 52.1 Å². The van der Waals surface area contributed by atoms with E-state index in [9.17, 15) is 64.7 Å². The van der Waals surface area contributed by atoms with Gasteiger partial charge in [0, 0.05) is 77.4 Å². The van der Waals surface area contributed by atoms with Crippen molar-refractivity contribution in [3.05, 3.63) is 118 Å². The molecule has 4 aromatic rings. The van der Waals surface area contributed by atoms with Crippen molar-refractivity contribution in [2.24, 2.45) is 0 Å². The number of alkyl halides is 6. The molecule has 2 fully saturated rings. The van der Waals surface area contributed by atoms with Crippen molar-refractivity contribution >= 4 is 59.2 Å². The molecule has 8 amide bonds. The summed E-state index contributed by atoms with van der Waals surface area (Å²) in [5, 5.41) is 2.68. The molecule has 0 bridgehead atoms. The van der Waals surface area contributed by atoms with Crippen molar-refractivity contribution in [2.75, 3.05) is 62.2 Å². The number of anilines is 2. The van der Waals surface area contributed by atoms with Gasteiger partial charge in [-0.2, -0.15) is 26.3 Å². The van der Waals surface area contributed by atoms with Gasteiger partial charge in [0.05, 0.1) is 45.7 Å². The van der Waals surface area contributed by atoms with Crippen molar-refractivity contribution in [3.63, 3.8) is 0 Å². The number of rotatable bonds is 19. The molecule has 21 nitrogen and oxygen atoms in total. The second kappa shape index (κ2) is 32.5. The zero-order valence-corrected chi connectivity index (χ0v) is 60.6. The molecule has 2 saturated heterocycles. The van der Waals surface area contributed by atoms with Gasteiger partial charge in [-0.15, -0.1) is 0 Å². The number of fused-ring (bicyclic) bond motifs is 2. The number of piperidine rings is 2. The summed E-state index contributed by atoms with van der Waals surface area (Å²) in [6.45, 7) is 26.3. The highest BCUT2D eigenvalue weighted by Gasteiger charge is 2.50. The lowest BCUT2D eigenvalue weighted by Crippen LogP contribution is -2.56. The second-order valence-electron chi connectivity index (χ2n) is 28.7. The monoisotopic (exact) mass is 1420 g/mol. The summed E-state index contributed by atoms with van der Waals surface area (Å²) in [6, 6.07) is 19.8. The molecular formula is C74H98F6N8O13. The molecule has 2 unspecified atom stereocenters. The minimum atomic E-state index is -4.97. The Hall–Kier alpha value is -8.78. The number of ether oxygens (including phenoxy) is 5. The van der Waals surface area contributed by atoms with Gasteiger partial charge in [-0.3, -0.25) is 24.0 Å². The number of carbonyl (C=O) groups excluding carboxylic acids is 8. The van der Waals surface area contributed by atoms with Crippen LogP contribution >= 0.6 is 0 Å². The van der Waals surface area contributed by atoms with Crippen molar-refractivity contribution < 1.29 is 88.4 Å². The van der Waals surface area contributed by atoms with E-state index in [0.29, 0.717) is 38.8 Å². The number of amides is 8. The number of hydrogen-bond donors (Lipinski definition) is 1. The molecule has 1 N–H and O–H groups in total. The van der Waals surface area contributed by atoms with Crippen molar-refractivity contribution in [1.29, 1.82) is 0 Å². The Kier molecular flexibility index (Phi) is 25.6. The Morgan fingerprint density at radius 1 is 0.604 bits per heavy atom. The molecule has 4 aliphatic heterocycles. The van der Waals surface area contributed by atoms with E-state index in [4.69, 9.17) is 23.7 Å². The summed E-state index contributed by atoms with van der Waals surface area (Å²) in [6.07, 6.45) is -9.12. The number of benzene rings is 4. The lowest BCUT2D eigenvalue weighted by molar-refractivity contribution is -0.139. The van der Waals surface area contributed by atoms with E-state index in [1.807, 2.05) is 60.7 Å². The fourth-order valence-electron chi connectivity index (χ4n) is 12.6. The van der Waals surface area contributed by atoms with Gasteiger partial charge in [0.15, 0.2) is 11.2 Å². The first-order valence-corrected chi connectivity index (χ1v) is 34.5. The van der Waals surface area contributed by atoms with Crippen LogP contribution in [0.1, 0.15) is 192 Å². The predicted octanol–water partition coefficient (Wildman–Crippen LogP) is 14.1. The van der Waals surface area contributed by atoms with E-state index in [0.717, 1.165) is 35.4 Å². The first-order valence-electron chi connectivity index (χ1n) is 34.5. The maximum atomic E-state index is 15.0. The van der Waals surface area contributed by atoms with Gasteiger partial charge in [0.2, 0.25) is 5.91 Å². The molecule has 0 aliphatic carbocycles. The summed E-state index contributed by atoms with van der Waals surface area (Å²) in [5.41, 5.74) is -6.57. The topological polar surface area (TPSA) is 217 Å². The summed E-state index contributed by atoms with van der Waals surface area (Å²) in [7, 11) is 0. The Morgan fingerprint density at radius 2 is 1.01 bits per heavy atom. The predicted molar refractivity (Wildman–Crippen MR) is 367 cm³/mol. The van der Waals surface area contributed by atoms with Gasteiger partial charge in [0.1, 0.15) is 29.3 Å². The Balaban J connectivity index is 0.000000293. The van der Waals surface area contributed by atoms with Crippen molar-refractivity contribution in [1.82, 2.24) is 29.8 Å². The maximum absolute atomic E-state index is 15.0. The smallest absolute Gasteiger partial charge is 0.417 e. The van der Waals surface area contributed by atoms with E-state index in [2.05, 4.69) is 5.32 Å². The van der Waals surface area contributed by atoms with E-state index < -0.39 is 123 Å². The summed E-state index contributed by atoms with van der Waals surface area (Å²) >= 11 is 0. The maximum Gasteiger partial charge on any atom is 0.417 e. The minimum Gasteiger partial charge on any atom is -0.476 e. The molecule has 0 aromatic heterocycles. The number of hydrogen-bond acceptors (Lipinski definition) is 13. The first kappa shape index (κ1) is 79.5. The van der Waals surface area contributed by atoms with Crippen LogP contribution in [0.2, 0.25) is 0 Å². The number of carbonyl (C=O) groups is 8. The third-order valence-electron chi connectivity index (χ3n) is 18.0. The van der Waals surface area contributed by atoms with E-state index in [1.54, 1.807) is 90.0 Å². The first-order chi connectivity index (χ1) is 47.1. The average Bonchev–Trinajstić information content (AvgIpc) is 0.746. The number of likely N-dealkylation sites (tertiary alicyclic amines) is 2. The molecule has 0 saturated carbocycles. The van der Waals surface area contributed by atoms with Crippen LogP contribution in [0, 0.1) is 0 Å². The Labute approximate surface area is 588 Å².